The van der Waals surface area contributed by atoms with Gasteiger partial charge in [0.2, 0.25) is 0 Å². The molecule has 0 aliphatic carbocycles. The molecule has 1 aromatic rings. The third-order valence-electron chi connectivity index (χ3n) is 2.08. The third kappa shape index (κ3) is 3.58. The Balaban J connectivity index is 2.54. The number of rotatable bonds is 4. The monoisotopic (exact) mass is 278 g/mol. The fraction of sp³-hybridized carbons (Fsp3) is 0.455. The van der Waals surface area contributed by atoms with E-state index in [0.717, 1.165) is 19.3 Å². The average molecular weight is 280 g/mol. The van der Waals surface area contributed by atoms with Crippen LogP contribution in [0.4, 0.5) is 4.39 Å². The van der Waals surface area contributed by atoms with E-state index in [4.69, 9.17) is 11.6 Å². The zero-order valence-electron chi connectivity index (χ0n) is 8.06. The summed E-state index contributed by atoms with van der Waals surface area (Å²) in [4.78, 5) is 0.491. The highest BCUT2D eigenvalue weighted by Gasteiger charge is 2.06. The molecule has 0 fully saturated rings. The molecule has 0 heterocycles. The van der Waals surface area contributed by atoms with Crippen molar-refractivity contribution in [3.63, 3.8) is 0 Å². The van der Waals surface area contributed by atoms with Crippen molar-refractivity contribution in [2.45, 2.75) is 31.0 Å². The smallest absolute Gasteiger partial charge is 0.144 e. The Hall–Kier alpha value is -0.0800. The first-order chi connectivity index (χ1) is 6.61. The summed E-state index contributed by atoms with van der Waals surface area (Å²) in [7, 11) is 0. The molecular formula is C11H13BrClF. The summed E-state index contributed by atoms with van der Waals surface area (Å²) in [6, 6.07) is 5.16. The third-order valence-corrected chi connectivity index (χ3v) is 2.83. The molecule has 14 heavy (non-hydrogen) atoms. The molecule has 0 bridgehead atoms. The largest absolute Gasteiger partial charge is 0.205 e. The Morgan fingerprint density at radius 2 is 2.21 bits per heavy atom. The molecule has 0 amide bonds. The van der Waals surface area contributed by atoms with Crippen LogP contribution in [0.2, 0.25) is 5.02 Å². The SMILES string of the molecule is CC(Br)CCCc1cccc(Cl)c1F. The second kappa shape index (κ2) is 5.72. The van der Waals surface area contributed by atoms with Gasteiger partial charge in [-0.2, -0.15) is 0 Å². The van der Waals surface area contributed by atoms with Crippen molar-refractivity contribution in [2.75, 3.05) is 0 Å². The van der Waals surface area contributed by atoms with Gasteiger partial charge >= 0.3 is 0 Å². The van der Waals surface area contributed by atoms with Gasteiger partial charge in [0, 0.05) is 4.83 Å². The molecule has 3 heteroatoms. The van der Waals surface area contributed by atoms with Crippen LogP contribution >= 0.6 is 27.5 Å². The minimum absolute atomic E-state index is 0.217. The van der Waals surface area contributed by atoms with Crippen molar-refractivity contribution in [3.8, 4) is 0 Å². The van der Waals surface area contributed by atoms with Crippen LogP contribution in [0.1, 0.15) is 25.3 Å². The van der Waals surface area contributed by atoms with Gasteiger partial charge in [-0.25, -0.2) is 4.39 Å². The van der Waals surface area contributed by atoms with Gasteiger partial charge in [0.15, 0.2) is 0 Å². The van der Waals surface area contributed by atoms with Crippen LogP contribution in [0.15, 0.2) is 18.2 Å². The minimum atomic E-state index is -0.267. The lowest BCUT2D eigenvalue weighted by atomic mass is 10.1. The Kier molecular flexibility index (Phi) is 4.90. The second-order valence-corrected chi connectivity index (χ2v) is 5.36. The number of aryl methyl sites for hydroxylation is 1. The molecule has 0 spiro atoms. The number of halogens is 3. The highest BCUT2D eigenvalue weighted by molar-refractivity contribution is 9.09. The Labute approximate surface area is 97.6 Å². The lowest BCUT2D eigenvalue weighted by Crippen LogP contribution is -1.95. The lowest BCUT2D eigenvalue weighted by molar-refractivity contribution is 0.600. The number of hydrogen-bond donors (Lipinski definition) is 0. The minimum Gasteiger partial charge on any atom is -0.205 e. The number of hydrogen-bond acceptors (Lipinski definition) is 0. The molecule has 78 valence electrons. The molecule has 0 aromatic heterocycles. The van der Waals surface area contributed by atoms with Crippen molar-refractivity contribution >= 4 is 27.5 Å². The van der Waals surface area contributed by atoms with E-state index in [1.165, 1.54) is 0 Å². The molecule has 0 nitrogen and oxygen atoms in total. The van der Waals surface area contributed by atoms with Crippen LogP contribution in [-0.4, -0.2) is 4.83 Å². The van der Waals surface area contributed by atoms with Crippen molar-refractivity contribution in [1.82, 2.24) is 0 Å². The van der Waals surface area contributed by atoms with Crippen LogP contribution in [0.25, 0.3) is 0 Å². The van der Waals surface area contributed by atoms with Gasteiger partial charge in [0.1, 0.15) is 5.82 Å². The Morgan fingerprint density at radius 3 is 2.86 bits per heavy atom. The van der Waals surface area contributed by atoms with Crippen LogP contribution in [-0.2, 0) is 6.42 Å². The highest BCUT2D eigenvalue weighted by Crippen LogP contribution is 2.20. The van der Waals surface area contributed by atoms with Crippen molar-refractivity contribution in [2.24, 2.45) is 0 Å². The summed E-state index contributed by atoms with van der Waals surface area (Å²) < 4.78 is 13.4. The normalized spacial score (nSPS) is 12.9. The van der Waals surface area contributed by atoms with E-state index in [1.807, 2.05) is 0 Å². The maximum absolute atomic E-state index is 13.4. The topological polar surface area (TPSA) is 0 Å². The summed E-state index contributed by atoms with van der Waals surface area (Å²) in [5.74, 6) is -0.267. The molecule has 1 aromatic carbocycles. The first-order valence-electron chi connectivity index (χ1n) is 4.68. The molecular weight excluding hydrogens is 266 g/mol. The van der Waals surface area contributed by atoms with Crippen molar-refractivity contribution < 1.29 is 4.39 Å². The fourth-order valence-electron chi connectivity index (χ4n) is 1.32. The summed E-state index contributed by atoms with van der Waals surface area (Å²) >= 11 is 9.13. The zero-order valence-corrected chi connectivity index (χ0v) is 10.4. The summed E-state index contributed by atoms with van der Waals surface area (Å²) in [5.41, 5.74) is 0.714. The van der Waals surface area contributed by atoms with E-state index in [0.29, 0.717) is 10.4 Å². The van der Waals surface area contributed by atoms with Gasteiger partial charge in [-0.05, 0) is 30.9 Å². The van der Waals surface area contributed by atoms with Crippen molar-refractivity contribution in [3.05, 3.63) is 34.6 Å². The van der Waals surface area contributed by atoms with E-state index >= 15 is 0 Å². The predicted molar refractivity (Wildman–Crippen MR) is 62.7 cm³/mol. The van der Waals surface area contributed by atoms with Crippen LogP contribution in [0.5, 0.6) is 0 Å². The summed E-state index contributed by atoms with van der Waals surface area (Å²) in [5, 5.41) is 0.217. The second-order valence-electron chi connectivity index (χ2n) is 3.39. The van der Waals surface area contributed by atoms with Crippen molar-refractivity contribution in [1.29, 1.82) is 0 Å². The van der Waals surface area contributed by atoms with E-state index in [9.17, 15) is 4.39 Å². The average Bonchev–Trinajstić information content (AvgIpc) is 2.12. The molecule has 0 saturated heterocycles. The highest BCUT2D eigenvalue weighted by atomic mass is 79.9. The standard InChI is InChI=1S/C11H13BrClF/c1-8(12)4-2-5-9-6-3-7-10(13)11(9)14/h3,6-8H,2,4-5H2,1H3. The van der Waals surface area contributed by atoms with Gasteiger partial charge in [-0.3, -0.25) is 0 Å². The quantitative estimate of drug-likeness (QED) is 0.707. The summed E-state index contributed by atoms with van der Waals surface area (Å²) in [6.45, 7) is 2.09. The predicted octanol–water partition coefficient (Wildman–Crippen LogP) is 4.59. The van der Waals surface area contributed by atoms with E-state index in [-0.39, 0.29) is 10.8 Å². The lowest BCUT2D eigenvalue weighted by Gasteiger charge is -2.05. The van der Waals surface area contributed by atoms with E-state index in [2.05, 4.69) is 22.9 Å². The van der Waals surface area contributed by atoms with E-state index < -0.39 is 0 Å². The maximum atomic E-state index is 13.4. The fourth-order valence-corrected chi connectivity index (χ4v) is 1.83. The van der Waals surface area contributed by atoms with Gasteiger partial charge in [0.05, 0.1) is 5.02 Å². The van der Waals surface area contributed by atoms with Gasteiger partial charge in [-0.1, -0.05) is 46.6 Å². The van der Waals surface area contributed by atoms with Crippen LogP contribution in [0, 0.1) is 5.82 Å². The molecule has 1 unspecified atom stereocenters. The first kappa shape index (κ1) is 12.0. The van der Waals surface area contributed by atoms with Crippen LogP contribution in [0.3, 0.4) is 0 Å². The van der Waals surface area contributed by atoms with E-state index in [1.54, 1.807) is 18.2 Å². The molecule has 0 saturated carbocycles. The molecule has 1 rings (SSSR count). The molecule has 0 aliphatic rings. The molecule has 1 atom stereocenters. The van der Waals surface area contributed by atoms with Gasteiger partial charge < -0.3 is 0 Å². The molecule has 0 radical (unpaired) electrons. The zero-order chi connectivity index (χ0) is 10.6. The summed E-state index contributed by atoms with van der Waals surface area (Å²) in [6.07, 6.45) is 2.78. The van der Waals surface area contributed by atoms with Gasteiger partial charge in [0.25, 0.3) is 0 Å². The Morgan fingerprint density at radius 1 is 1.50 bits per heavy atom. The van der Waals surface area contributed by atoms with Crippen LogP contribution < -0.4 is 0 Å². The molecule has 0 aliphatic heterocycles. The maximum Gasteiger partial charge on any atom is 0.144 e. The Bertz CT molecular complexity index is 299. The number of benzene rings is 1. The van der Waals surface area contributed by atoms with Gasteiger partial charge in [-0.15, -0.1) is 0 Å². The first-order valence-corrected chi connectivity index (χ1v) is 5.97. The number of alkyl halides is 1. The molecule has 0 N–H and O–H groups in total.